The lowest BCUT2D eigenvalue weighted by molar-refractivity contribution is -0.145. The van der Waals surface area contributed by atoms with E-state index in [9.17, 15) is 24.4 Å². The van der Waals surface area contributed by atoms with E-state index in [0.29, 0.717) is 17.4 Å². The van der Waals surface area contributed by atoms with Gasteiger partial charge >= 0.3 is 19.2 Å². The van der Waals surface area contributed by atoms with Gasteiger partial charge in [0, 0.05) is 6.42 Å². The van der Waals surface area contributed by atoms with Crippen molar-refractivity contribution in [2.75, 3.05) is 7.11 Å². The molecular formula is C21H33BN2O7. The highest BCUT2D eigenvalue weighted by Crippen LogP contribution is 2.10. The molecule has 10 heteroatoms. The standard InChI is InChI=1S/C21H33BN2O7/c1-13(2)11-17(19(26)30-6)23-18(25)16(24-20(27)31-21(3,4)5)12-14-7-9-15(10-8-14)22(28)29/h7-10,13,16-17,28-29H,11-12H2,1-6H3,(H,23,25)(H,24,27)/t16?,17-/m0/s1. The number of hydrogen-bond donors (Lipinski definition) is 4. The highest BCUT2D eigenvalue weighted by molar-refractivity contribution is 6.58. The van der Waals surface area contributed by atoms with Gasteiger partial charge in [0.25, 0.3) is 0 Å². The number of benzene rings is 1. The lowest BCUT2D eigenvalue weighted by Crippen LogP contribution is -2.53. The summed E-state index contributed by atoms with van der Waals surface area (Å²) < 4.78 is 10.0. The third-order valence-electron chi connectivity index (χ3n) is 4.23. The van der Waals surface area contributed by atoms with Gasteiger partial charge in [0.05, 0.1) is 7.11 Å². The Bertz CT molecular complexity index is 745. The van der Waals surface area contributed by atoms with Crippen molar-refractivity contribution in [3.8, 4) is 0 Å². The largest absolute Gasteiger partial charge is 0.488 e. The molecule has 0 heterocycles. The van der Waals surface area contributed by atoms with Crippen molar-refractivity contribution >= 4 is 30.6 Å². The topological polar surface area (TPSA) is 134 Å². The highest BCUT2D eigenvalue weighted by atomic mass is 16.6. The van der Waals surface area contributed by atoms with Gasteiger partial charge in [-0.25, -0.2) is 9.59 Å². The van der Waals surface area contributed by atoms with Crippen LogP contribution in [-0.4, -0.2) is 59.9 Å². The summed E-state index contributed by atoms with van der Waals surface area (Å²) in [7, 11) is -0.361. The first-order chi connectivity index (χ1) is 14.3. The number of carbonyl (C=O) groups is 3. The Balaban J connectivity index is 3.05. The average Bonchev–Trinajstić information content (AvgIpc) is 2.64. The molecule has 0 saturated heterocycles. The molecule has 172 valence electrons. The molecule has 0 fully saturated rings. The number of methoxy groups -OCH3 is 1. The number of ether oxygens (including phenoxy) is 2. The van der Waals surface area contributed by atoms with Gasteiger partial charge in [-0.05, 0) is 44.1 Å². The first-order valence-corrected chi connectivity index (χ1v) is 10.1. The molecule has 0 aliphatic carbocycles. The number of nitrogens with one attached hydrogen (secondary N) is 2. The van der Waals surface area contributed by atoms with Crippen LogP contribution in [0.3, 0.4) is 0 Å². The first kappa shape index (κ1) is 26.5. The lowest BCUT2D eigenvalue weighted by atomic mass is 9.80. The molecule has 9 nitrogen and oxygen atoms in total. The molecule has 31 heavy (non-hydrogen) atoms. The quantitative estimate of drug-likeness (QED) is 0.327. The maximum atomic E-state index is 13.0. The molecule has 4 N–H and O–H groups in total. The van der Waals surface area contributed by atoms with E-state index in [1.807, 2.05) is 13.8 Å². The minimum absolute atomic E-state index is 0.0997. The molecule has 0 aliphatic heterocycles. The summed E-state index contributed by atoms with van der Waals surface area (Å²) >= 11 is 0. The van der Waals surface area contributed by atoms with E-state index >= 15 is 0 Å². The SMILES string of the molecule is COC(=O)[C@H](CC(C)C)NC(=O)C(Cc1ccc(B(O)O)cc1)NC(=O)OC(C)(C)C. The summed E-state index contributed by atoms with van der Waals surface area (Å²) in [5, 5.41) is 23.7. The van der Waals surface area contributed by atoms with Crippen LogP contribution in [0.5, 0.6) is 0 Å². The van der Waals surface area contributed by atoms with Gasteiger partial charge in [0.2, 0.25) is 5.91 Å². The molecule has 1 aromatic carbocycles. The minimum atomic E-state index is -1.61. The van der Waals surface area contributed by atoms with E-state index in [4.69, 9.17) is 9.47 Å². The van der Waals surface area contributed by atoms with Crippen LogP contribution in [0.4, 0.5) is 4.79 Å². The van der Waals surface area contributed by atoms with Crippen molar-refractivity contribution in [1.29, 1.82) is 0 Å². The van der Waals surface area contributed by atoms with Crippen LogP contribution in [0.15, 0.2) is 24.3 Å². The Morgan fingerprint density at radius 1 is 1.03 bits per heavy atom. The van der Waals surface area contributed by atoms with Crippen molar-refractivity contribution < 1.29 is 33.9 Å². The number of carbonyl (C=O) groups excluding carboxylic acids is 3. The molecule has 0 radical (unpaired) electrons. The molecule has 1 aromatic rings. The van der Waals surface area contributed by atoms with Crippen molar-refractivity contribution in [2.24, 2.45) is 5.92 Å². The van der Waals surface area contributed by atoms with Gasteiger partial charge in [0.15, 0.2) is 0 Å². The summed E-state index contributed by atoms with van der Waals surface area (Å²) in [6, 6.07) is 4.39. The summed E-state index contributed by atoms with van der Waals surface area (Å²) in [4.78, 5) is 37.3. The predicted octanol–water partition coefficient (Wildman–Crippen LogP) is 0.506. The summed E-state index contributed by atoms with van der Waals surface area (Å²) in [6.07, 6.45) is -0.295. The predicted molar refractivity (Wildman–Crippen MR) is 117 cm³/mol. The van der Waals surface area contributed by atoms with Gasteiger partial charge in [-0.1, -0.05) is 38.1 Å². The smallest absolute Gasteiger partial charge is 0.467 e. The van der Waals surface area contributed by atoms with E-state index in [1.54, 1.807) is 32.9 Å². The number of amides is 2. The van der Waals surface area contributed by atoms with E-state index in [1.165, 1.54) is 19.2 Å². The summed E-state index contributed by atoms with van der Waals surface area (Å²) in [6.45, 7) is 8.94. The van der Waals surface area contributed by atoms with Crippen molar-refractivity contribution in [3.63, 3.8) is 0 Å². The third kappa shape index (κ3) is 9.84. The lowest BCUT2D eigenvalue weighted by Gasteiger charge is -2.25. The maximum Gasteiger partial charge on any atom is 0.488 e. The summed E-state index contributed by atoms with van der Waals surface area (Å²) in [5.41, 5.74) is 0.211. The Morgan fingerprint density at radius 2 is 1.61 bits per heavy atom. The van der Waals surface area contributed by atoms with Crippen molar-refractivity contribution in [1.82, 2.24) is 10.6 Å². The molecule has 0 spiro atoms. The second kappa shape index (κ2) is 11.7. The normalized spacial score (nSPS) is 13.2. The zero-order valence-electron chi connectivity index (χ0n) is 19.0. The summed E-state index contributed by atoms with van der Waals surface area (Å²) in [5.74, 6) is -1.01. The molecule has 2 amide bonds. The van der Waals surface area contributed by atoms with Crippen LogP contribution >= 0.6 is 0 Å². The van der Waals surface area contributed by atoms with Gasteiger partial charge in [-0.15, -0.1) is 0 Å². The Morgan fingerprint density at radius 3 is 2.06 bits per heavy atom. The second-order valence-corrected chi connectivity index (χ2v) is 8.73. The van der Waals surface area contributed by atoms with Gasteiger partial charge < -0.3 is 30.2 Å². The van der Waals surface area contributed by atoms with Gasteiger partial charge in [0.1, 0.15) is 17.7 Å². The zero-order valence-corrected chi connectivity index (χ0v) is 19.0. The third-order valence-corrected chi connectivity index (χ3v) is 4.23. The second-order valence-electron chi connectivity index (χ2n) is 8.73. The fraction of sp³-hybridized carbons (Fsp3) is 0.571. The fourth-order valence-electron chi connectivity index (χ4n) is 2.82. The van der Waals surface area contributed by atoms with E-state index in [0.717, 1.165) is 0 Å². The molecule has 0 aliphatic rings. The van der Waals surface area contributed by atoms with Crippen LogP contribution in [-0.2, 0) is 25.5 Å². The number of hydrogen-bond acceptors (Lipinski definition) is 7. The Kier molecular flexibility index (Phi) is 9.99. The average molecular weight is 436 g/mol. The Labute approximate surface area is 183 Å². The number of esters is 1. The molecule has 1 unspecified atom stereocenters. The highest BCUT2D eigenvalue weighted by Gasteiger charge is 2.29. The van der Waals surface area contributed by atoms with Crippen LogP contribution in [0.1, 0.15) is 46.6 Å². The fourth-order valence-corrected chi connectivity index (χ4v) is 2.82. The number of alkyl carbamates (subject to hydrolysis) is 1. The first-order valence-electron chi connectivity index (χ1n) is 10.1. The molecule has 1 rings (SSSR count). The van der Waals surface area contributed by atoms with Crippen LogP contribution in [0.2, 0.25) is 0 Å². The van der Waals surface area contributed by atoms with Crippen LogP contribution in [0.25, 0.3) is 0 Å². The molecule has 0 aromatic heterocycles. The van der Waals surface area contributed by atoms with Gasteiger partial charge in [-0.2, -0.15) is 0 Å². The number of rotatable bonds is 9. The van der Waals surface area contributed by atoms with Crippen molar-refractivity contribution in [3.05, 3.63) is 29.8 Å². The van der Waals surface area contributed by atoms with E-state index in [2.05, 4.69) is 10.6 Å². The zero-order chi connectivity index (χ0) is 23.8. The molecule has 0 bridgehead atoms. The molecule has 0 saturated carbocycles. The van der Waals surface area contributed by atoms with Crippen LogP contribution in [0, 0.1) is 5.92 Å². The molecule has 2 atom stereocenters. The van der Waals surface area contributed by atoms with Crippen molar-refractivity contribution in [2.45, 2.75) is 65.1 Å². The van der Waals surface area contributed by atoms with E-state index < -0.39 is 42.8 Å². The monoisotopic (exact) mass is 436 g/mol. The van der Waals surface area contributed by atoms with Gasteiger partial charge in [-0.3, -0.25) is 4.79 Å². The minimum Gasteiger partial charge on any atom is -0.467 e. The van der Waals surface area contributed by atoms with E-state index in [-0.39, 0.29) is 12.3 Å². The molecular weight excluding hydrogens is 403 g/mol. The van der Waals surface area contributed by atoms with Crippen LogP contribution < -0.4 is 16.1 Å². The Hall–Kier alpha value is -2.59. The maximum absolute atomic E-state index is 13.0.